The van der Waals surface area contributed by atoms with E-state index in [2.05, 4.69) is 5.32 Å². The Morgan fingerprint density at radius 2 is 2.41 bits per heavy atom. The minimum Gasteiger partial charge on any atom is -0.495 e. The fourth-order valence-corrected chi connectivity index (χ4v) is 1.93. The molecule has 0 aromatic heterocycles. The van der Waals surface area contributed by atoms with Gasteiger partial charge in [0.05, 0.1) is 24.8 Å². The number of methoxy groups -OCH3 is 1. The molecule has 1 aliphatic heterocycles. The monoisotopic (exact) mass is 257 g/mol. The van der Waals surface area contributed by atoms with Crippen LogP contribution in [0.25, 0.3) is 0 Å². The summed E-state index contributed by atoms with van der Waals surface area (Å²) in [6.45, 7) is 1.90. The molecule has 1 aromatic carbocycles. The summed E-state index contributed by atoms with van der Waals surface area (Å²) in [4.78, 5) is 0. The summed E-state index contributed by atoms with van der Waals surface area (Å²) >= 11 is 6.03. The van der Waals surface area contributed by atoms with E-state index in [4.69, 9.17) is 25.8 Å². The lowest BCUT2D eigenvalue weighted by atomic mass is 10.2. The van der Waals surface area contributed by atoms with Crippen molar-refractivity contribution in [2.75, 3.05) is 32.4 Å². The van der Waals surface area contributed by atoms with E-state index in [1.165, 1.54) is 0 Å². The van der Waals surface area contributed by atoms with Crippen molar-refractivity contribution in [2.24, 2.45) is 0 Å². The van der Waals surface area contributed by atoms with Gasteiger partial charge in [-0.3, -0.25) is 0 Å². The number of hydrogen-bond acceptors (Lipinski definition) is 4. The van der Waals surface area contributed by atoms with E-state index in [0.29, 0.717) is 17.6 Å². The largest absolute Gasteiger partial charge is 0.495 e. The third-order valence-electron chi connectivity index (χ3n) is 2.66. The van der Waals surface area contributed by atoms with Crippen LogP contribution in [0.5, 0.6) is 5.75 Å². The molecule has 94 valence electrons. The van der Waals surface area contributed by atoms with Crippen molar-refractivity contribution in [3.8, 4) is 5.75 Å². The first-order chi connectivity index (χ1) is 8.29. The molecule has 4 nitrogen and oxygen atoms in total. The Morgan fingerprint density at radius 3 is 3.06 bits per heavy atom. The highest BCUT2D eigenvalue weighted by Gasteiger charge is 2.13. The highest BCUT2D eigenvalue weighted by molar-refractivity contribution is 6.32. The molecular weight excluding hydrogens is 242 g/mol. The second-order valence-electron chi connectivity index (χ2n) is 3.83. The Morgan fingerprint density at radius 1 is 1.53 bits per heavy atom. The van der Waals surface area contributed by atoms with Crippen molar-refractivity contribution in [1.29, 1.82) is 0 Å². The summed E-state index contributed by atoms with van der Waals surface area (Å²) in [5.74, 6) is 0.680. The Kier molecular flexibility index (Phi) is 4.48. The maximum Gasteiger partial charge on any atom is 0.147 e. The number of ether oxygens (including phenoxy) is 3. The number of hydrogen-bond donors (Lipinski definition) is 1. The standard InChI is InChI=1S/C12H16ClNO3/c1-15-12-3-2-9(6-11(12)13)14-7-10-4-5-16-8-17-10/h2-3,6,10,14H,4-5,7-8H2,1H3. The second-order valence-corrected chi connectivity index (χ2v) is 4.24. The van der Waals surface area contributed by atoms with Crippen molar-refractivity contribution in [3.05, 3.63) is 23.2 Å². The zero-order chi connectivity index (χ0) is 12.1. The number of halogens is 1. The molecule has 5 heteroatoms. The van der Waals surface area contributed by atoms with Gasteiger partial charge in [-0.05, 0) is 24.6 Å². The molecule has 1 heterocycles. The topological polar surface area (TPSA) is 39.7 Å². The van der Waals surface area contributed by atoms with Crippen molar-refractivity contribution in [3.63, 3.8) is 0 Å². The quantitative estimate of drug-likeness (QED) is 0.900. The number of anilines is 1. The summed E-state index contributed by atoms with van der Waals surface area (Å²) in [6.07, 6.45) is 1.11. The molecule has 0 bridgehead atoms. The van der Waals surface area contributed by atoms with Crippen molar-refractivity contribution >= 4 is 17.3 Å². The van der Waals surface area contributed by atoms with Crippen LogP contribution in [0.3, 0.4) is 0 Å². The predicted molar refractivity (Wildman–Crippen MR) is 66.8 cm³/mol. The van der Waals surface area contributed by atoms with Gasteiger partial charge in [0.25, 0.3) is 0 Å². The summed E-state index contributed by atoms with van der Waals surface area (Å²) < 4.78 is 15.6. The fourth-order valence-electron chi connectivity index (χ4n) is 1.67. The molecule has 0 amide bonds. The molecule has 17 heavy (non-hydrogen) atoms. The van der Waals surface area contributed by atoms with E-state index in [0.717, 1.165) is 25.3 Å². The van der Waals surface area contributed by atoms with Gasteiger partial charge in [0.15, 0.2) is 0 Å². The third-order valence-corrected chi connectivity index (χ3v) is 2.95. The van der Waals surface area contributed by atoms with Crippen LogP contribution in [0.4, 0.5) is 5.69 Å². The Balaban J connectivity index is 1.87. The van der Waals surface area contributed by atoms with Gasteiger partial charge in [-0.25, -0.2) is 0 Å². The molecule has 1 aromatic rings. The number of benzene rings is 1. The number of rotatable bonds is 4. The lowest BCUT2D eigenvalue weighted by Gasteiger charge is -2.23. The highest BCUT2D eigenvalue weighted by atomic mass is 35.5. The van der Waals surface area contributed by atoms with Gasteiger partial charge in [0, 0.05) is 12.2 Å². The second kappa shape index (κ2) is 6.10. The molecule has 1 atom stereocenters. The Labute approximate surface area is 106 Å². The minimum atomic E-state index is 0.199. The molecule has 1 saturated heterocycles. The van der Waals surface area contributed by atoms with Crippen LogP contribution in [-0.4, -0.2) is 33.2 Å². The first-order valence-electron chi connectivity index (χ1n) is 5.56. The van der Waals surface area contributed by atoms with E-state index in [1.807, 2.05) is 18.2 Å². The lowest BCUT2D eigenvalue weighted by Crippen LogP contribution is -2.30. The Bertz CT molecular complexity index is 367. The molecule has 1 N–H and O–H groups in total. The molecular formula is C12H16ClNO3. The summed E-state index contributed by atoms with van der Waals surface area (Å²) in [6, 6.07) is 5.62. The summed E-state index contributed by atoms with van der Waals surface area (Å²) in [5, 5.41) is 3.89. The van der Waals surface area contributed by atoms with Gasteiger partial charge in [-0.1, -0.05) is 11.6 Å². The normalized spacial score (nSPS) is 20.0. The third kappa shape index (κ3) is 3.49. The zero-order valence-electron chi connectivity index (χ0n) is 9.74. The maximum atomic E-state index is 6.03. The van der Waals surface area contributed by atoms with Gasteiger partial charge >= 0.3 is 0 Å². The summed E-state index contributed by atoms with van der Waals surface area (Å²) in [7, 11) is 1.60. The van der Waals surface area contributed by atoms with Gasteiger partial charge in [-0.2, -0.15) is 0 Å². The van der Waals surface area contributed by atoms with Crippen LogP contribution in [0.15, 0.2) is 18.2 Å². The van der Waals surface area contributed by atoms with Gasteiger partial charge in [0.1, 0.15) is 12.5 Å². The van der Waals surface area contributed by atoms with Gasteiger partial charge < -0.3 is 19.5 Å². The van der Waals surface area contributed by atoms with Gasteiger partial charge in [-0.15, -0.1) is 0 Å². The van der Waals surface area contributed by atoms with Crippen LogP contribution in [-0.2, 0) is 9.47 Å². The molecule has 1 aliphatic rings. The fraction of sp³-hybridized carbons (Fsp3) is 0.500. The van der Waals surface area contributed by atoms with E-state index in [1.54, 1.807) is 7.11 Å². The molecule has 0 radical (unpaired) electrons. The van der Waals surface area contributed by atoms with Crippen LogP contribution < -0.4 is 10.1 Å². The zero-order valence-corrected chi connectivity index (χ0v) is 10.5. The SMILES string of the molecule is COc1ccc(NCC2CCOCO2)cc1Cl. The minimum absolute atomic E-state index is 0.199. The molecule has 1 fully saturated rings. The van der Waals surface area contributed by atoms with Crippen molar-refractivity contribution < 1.29 is 14.2 Å². The van der Waals surface area contributed by atoms with Crippen LogP contribution in [0.2, 0.25) is 5.02 Å². The first-order valence-corrected chi connectivity index (χ1v) is 5.94. The molecule has 2 rings (SSSR count). The number of nitrogens with one attached hydrogen (secondary N) is 1. The predicted octanol–water partition coefficient (Wildman–Crippen LogP) is 2.52. The smallest absolute Gasteiger partial charge is 0.147 e. The van der Waals surface area contributed by atoms with Crippen molar-refractivity contribution in [2.45, 2.75) is 12.5 Å². The van der Waals surface area contributed by atoms with E-state index >= 15 is 0 Å². The highest BCUT2D eigenvalue weighted by Crippen LogP contribution is 2.27. The first kappa shape index (κ1) is 12.5. The molecule has 1 unspecified atom stereocenters. The van der Waals surface area contributed by atoms with Crippen LogP contribution in [0, 0.1) is 0 Å². The average molecular weight is 258 g/mol. The van der Waals surface area contributed by atoms with E-state index in [9.17, 15) is 0 Å². The molecule has 0 aliphatic carbocycles. The van der Waals surface area contributed by atoms with Gasteiger partial charge in [0.2, 0.25) is 0 Å². The van der Waals surface area contributed by atoms with Crippen LogP contribution >= 0.6 is 11.6 Å². The average Bonchev–Trinajstić information content (AvgIpc) is 2.38. The summed E-state index contributed by atoms with van der Waals surface area (Å²) in [5.41, 5.74) is 0.964. The molecule has 0 saturated carbocycles. The van der Waals surface area contributed by atoms with E-state index in [-0.39, 0.29) is 6.10 Å². The maximum absolute atomic E-state index is 6.03. The van der Waals surface area contributed by atoms with E-state index < -0.39 is 0 Å². The Hall–Kier alpha value is -0.970. The lowest BCUT2D eigenvalue weighted by molar-refractivity contribution is -0.133. The van der Waals surface area contributed by atoms with Crippen molar-refractivity contribution in [1.82, 2.24) is 0 Å². The molecule has 0 spiro atoms. The van der Waals surface area contributed by atoms with Crippen LogP contribution in [0.1, 0.15) is 6.42 Å².